The van der Waals surface area contributed by atoms with Gasteiger partial charge in [-0.25, -0.2) is 0 Å². The number of carbonyl (C=O) groups is 2. The number of hydrogen-bond donors (Lipinski definition) is 2. The molecule has 0 radical (unpaired) electrons. The van der Waals surface area contributed by atoms with Crippen LogP contribution in [0, 0.1) is 0 Å². The van der Waals surface area contributed by atoms with Gasteiger partial charge in [0.25, 0.3) is 0 Å². The summed E-state index contributed by atoms with van der Waals surface area (Å²) in [6.07, 6.45) is 5.04. The number of para-hydroxylation sites is 1. The molecule has 1 atom stereocenters. The van der Waals surface area contributed by atoms with E-state index in [0.29, 0.717) is 12.3 Å². The molecule has 1 unspecified atom stereocenters. The number of nitrogens with one attached hydrogen (secondary N) is 2. The third-order valence-electron chi connectivity index (χ3n) is 6.03. The maximum atomic E-state index is 13.3. The highest BCUT2D eigenvalue weighted by atomic mass is 32.2. The Hall–Kier alpha value is -2.12. The lowest BCUT2D eigenvalue weighted by Gasteiger charge is -2.36. The van der Waals surface area contributed by atoms with Crippen molar-refractivity contribution in [3.8, 4) is 5.75 Å². The van der Waals surface area contributed by atoms with Crippen molar-refractivity contribution in [1.29, 1.82) is 0 Å². The van der Waals surface area contributed by atoms with Crippen molar-refractivity contribution in [2.75, 3.05) is 24.7 Å². The molecule has 4 rings (SSSR count). The molecular formula is C24H28N2O3S2. The average Bonchev–Trinajstić information content (AvgIpc) is 2.82. The fraction of sp³-hybridized carbons (Fsp3) is 0.417. The molecule has 0 saturated heterocycles. The standard InChI is InChI=1S/C24H28N2O3S2/c1-29-18-11-9-17(10-12-18)24(13-5-2-6-14-24)23(28)25-15-16-30-22-21(27)26-19-7-3-4-8-20(19)31-22/h3-4,7-12,22H,2,5-6,13-16H2,1H3,(H,25,28)(H,26,27). The molecule has 1 fully saturated rings. The van der Waals surface area contributed by atoms with E-state index in [2.05, 4.69) is 10.6 Å². The predicted molar refractivity (Wildman–Crippen MR) is 128 cm³/mol. The van der Waals surface area contributed by atoms with Gasteiger partial charge in [0.05, 0.1) is 18.2 Å². The topological polar surface area (TPSA) is 67.4 Å². The second kappa shape index (κ2) is 10.0. The van der Waals surface area contributed by atoms with E-state index in [9.17, 15) is 9.59 Å². The first-order valence-corrected chi connectivity index (χ1v) is 12.7. The zero-order valence-corrected chi connectivity index (χ0v) is 19.3. The van der Waals surface area contributed by atoms with Crippen LogP contribution in [0.5, 0.6) is 5.75 Å². The van der Waals surface area contributed by atoms with Crippen LogP contribution >= 0.6 is 23.5 Å². The highest BCUT2D eigenvalue weighted by Gasteiger charge is 2.41. The van der Waals surface area contributed by atoms with Gasteiger partial charge in [0.1, 0.15) is 10.3 Å². The lowest BCUT2D eigenvalue weighted by molar-refractivity contribution is -0.128. The molecule has 1 heterocycles. The first kappa shape index (κ1) is 22.1. The number of amides is 2. The summed E-state index contributed by atoms with van der Waals surface area (Å²) >= 11 is 3.15. The van der Waals surface area contributed by atoms with Crippen molar-refractivity contribution in [3.63, 3.8) is 0 Å². The molecule has 2 aromatic carbocycles. The molecule has 31 heavy (non-hydrogen) atoms. The summed E-state index contributed by atoms with van der Waals surface area (Å²) in [6.45, 7) is 0.549. The minimum atomic E-state index is -0.467. The van der Waals surface area contributed by atoms with Crippen LogP contribution in [-0.4, -0.2) is 35.8 Å². The van der Waals surface area contributed by atoms with E-state index < -0.39 is 5.41 Å². The Balaban J connectivity index is 1.35. The van der Waals surface area contributed by atoms with Crippen molar-refractivity contribution in [2.24, 2.45) is 0 Å². The maximum Gasteiger partial charge on any atom is 0.248 e. The van der Waals surface area contributed by atoms with Crippen molar-refractivity contribution in [3.05, 3.63) is 54.1 Å². The van der Waals surface area contributed by atoms with Gasteiger partial charge in [-0.05, 0) is 42.7 Å². The number of methoxy groups -OCH3 is 1. The molecule has 0 spiro atoms. The lowest BCUT2D eigenvalue weighted by atomic mass is 9.68. The average molecular weight is 457 g/mol. The fourth-order valence-corrected chi connectivity index (χ4v) is 6.67. The van der Waals surface area contributed by atoms with Crippen LogP contribution in [0.3, 0.4) is 0 Å². The van der Waals surface area contributed by atoms with Gasteiger partial charge in [0, 0.05) is 17.2 Å². The maximum absolute atomic E-state index is 13.3. The molecule has 164 valence electrons. The molecule has 5 nitrogen and oxygen atoms in total. The number of rotatable bonds is 7. The SMILES string of the molecule is COc1ccc(C2(C(=O)NCCSC3Sc4ccccc4NC3=O)CCCCC2)cc1. The molecule has 7 heteroatoms. The van der Waals surface area contributed by atoms with Crippen LogP contribution in [0.25, 0.3) is 0 Å². The van der Waals surface area contributed by atoms with E-state index >= 15 is 0 Å². The second-order valence-corrected chi connectivity index (χ2v) is 10.6. The summed E-state index contributed by atoms with van der Waals surface area (Å²) < 4.78 is 5.08. The Morgan fingerprint density at radius 1 is 1.16 bits per heavy atom. The fourth-order valence-electron chi connectivity index (χ4n) is 4.35. The van der Waals surface area contributed by atoms with Gasteiger partial charge in [0.2, 0.25) is 11.8 Å². The number of anilines is 1. The monoisotopic (exact) mass is 456 g/mol. The van der Waals surface area contributed by atoms with Crippen LogP contribution in [0.4, 0.5) is 5.69 Å². The normalized spacial score (nSPS) is 19.8. The van der Waals surface area contributed by atoms with Gasteiger partial charge in [-0.3, -0.25) is 9.59 Å². The molecule has 2 aliphatic rings. The van der Waals surface area contributed by atoms with E-state index in [1.165, 1.54) is 6.42 Å². The smallest absolute Gasteiger partial charge is 0.248 e. The summed E-state index contributed by atoms with van der Waals surface area (Å²) in [5, 5.41) is 6.13. The zero-order valence-electron chi connectivity index (χ0n) is 17.7. The molecule has 1 aliphatic heterocycles. The van der Waals surface area contributed by atoms with Crippen LogP contribution in [0.15, 0.2) is 53.4 Å². The van der Waals surface area contributed by atoms with Gasteiger partial charge in [-0.2, -0.15) is 0 Å². The van der Waals surface area contributed by atoms with Gasteiger partial charge in [-0.15, -0.1) is 11.8 Å². The van der Waals surface area contributed by atoms with Crippen molar-refractivity contribution in [2.45, 2.75) is 47.0 Å². The van der Waals surface area contributed by atoms with Crippen LogP contribution in [0.1, 0.15) is 37.7 Å². The van der Waals surface area contributed by atoms with Gasteiger partial charge < -0.3 is 15.4 Å². The number of benzene rings is 2. The summed E-state index contributed by atoms with van der Waals surface area (Å²) in [5.74, 6) is 1.61. The van der Waals surface area contributed by atoms with Crippen molar-refractivity contribution >= 4 is 41.0 Å². The van der Waals surface area contributed by atoms with E-state index in [1.807, 2.05) is 48.5 Å². The molecule has 2 N–H and O–H groups in total. The summed E-state index contributed by atoms with van der Waals surface area (Å²) in [5.41, 5.74) is 1.48. The highest BCUT2D eigenvalue weighted by Crippen LogP contribution is 2.41. The predicted octanol–water partition coefficient (Wildman–Crippen LogP) is 4.82. The number of fused-ring (bicyclic) bond motifs is 1. The molecular weight excluding hydrogens is 428 g/mol. The largest absolute Gasteiger partial charge is 0.497 e. The molecule has 1 saturated carbocycles. The highest BCUT2D eigenvalue weighted by molar-refractivity contribution is 8.18. The Labute approximate surface area is 192 Å². The Bertz CT molecular complexity index is 927. The Kier molecular flexibility index (Phi) is 7.13. The lowest BCUT2D eigenvalue weighted by Crippen LogP contribution is -2.46. The molecule has 2 aromatic rings. The van der Waals surface area contributed by atoms with Crippen LogP contribution < -0.4 is 15.4 Å². The third-order valence-corrected chi connectivity index (χ3v) is 8.73. The quantitative estimate of drug-likeness (QED) is 0.585. The molecule has 2 amide bonds. The van der Waals surface area contributed by atoms with E-state index in [-0.39, 0.29) is 16.4 Å². The van der Waals surface area contributed by atoms with Gasteiger partial charge in [0.15, 0.2) is 0 Å². The number of thioether (sulfide) groups is 2. The molecule has 1 aliphatic carbocycles. The van der Waals surface area contributed by atoms with Crippen LogP contribution in [-0.2, 0) is 15.0 Å². The zero-order chi connectivity index (χ0) is 21.7. The number of ether oxygens (including phenoxy) is 1. The molecule has 0 aromatic heterocycles. The van der Waals surface area contributed by atoms with E-state index in [0.717, 1.165) is 47.6 Å². The van der Waals surface area contributed by atoms with Gasteiger partial charge in [-0.1, -0.05) is 55.3 Å². The number of hydrogen-bond acceptors (Lipinski definition) is 5. The summed E-state index contributed by atoms with van der Waals surface area (Å²) in [7, 11) is 1.65. The van der Waals surface area contributed by atoms with Crippen molar-refractivity contribution < 1.29 is 14.3 Å². The summed E-state index contributed by atoms with van der Waals surface area (Å²) in [6, 6.07) is 15.8. The van der Waals surface area contributed by atoms with E-state index in [4.69, 9.17) is 4.74 Å². The Morgan fingerprint density at radius 3 is 2.65 bits per heavy atom. The second-order valence-electron chi connectivity index (χ2n) is 7.93. The molecule has 0 bridgehead atoms. The first-order valence-electron chi connectivity index (χ1n) is 10.7. The Morgan fingerprint density at radius 2 is 1.90 bits per heavy atom. The van der Waals surface area contributed by atoms with E-state index in [1.54, 1.807) is 30.6 Å². The minimum Gasteiger partial charge on any atom is -0.497 e. The number of carbonyl (C=O) groups excluding carboxylic acids is 2. The van der Waals surface area contributed by atoms with Gasteiger partial charge >= 0.3 is 0 Å². The van der Waals surface area contributed by atoms with Crippen molar-refractivity contribution in [1.82, 2.24) is 5.32 Å². The summed E-state index contributed by atoms with van der Waals surface area (Å²) in [4.78, 5) is 26.8. The van der Waals surface area contributed by atoms with Crippen LogP contribution in [0.2, 0.25) is 0 Å². The third kappa shape index (κ3) is 4.88. The minimum absolute atomic E-state index is 0.0158. The first-order chi connectivity index (χ1) is 15.1.